The van der Waals surface area contributed by atoms with Gasteiger partial charge in [0.1, 0.15) is 11.9 Å². The minimum Gasteiger partial charge on any atom is -0.486 e. The van der Waals surface area contributed by atoms with Gasteiger partial charge < -0.3 is 15.2 Å². The van der Waals surface area contributed by atoms with Crippen LogP contribution in [-0.2, 0) is 4.74 Å². The molecule has 1 aromatic carbocycles. The van der Waals surface area contributed by atoms with Crippen molar-refractivity contribution in [3.05, 3.63) is 28.8 Å². The molecule has 0 spiro atoms. The van der Waals surface area contributed by atoms with Crippen LogP contribution in [0.4, 0.5) is 0 Å². The standard InChI is InChI=1S/C14H20ClNO2/c1-10(4-6-16)11-2-3-14(13(15)8-11)18-12-5-7-17-9-12/h2-3,8,10,12H,4-7,9,16H2,1H3. The molecule has 1 aromatic rings. The third kappa shape index (κ3) is 3.37. The Morgan fingerprint density at radius 2 is 2.39 bits per heavy atom. The third-order valence-electron chi connectivity index (χ3n) is 3.31. The van der Waals surface area contributed by atoms with E-state index in [0.717, 1.165) is 25.2 Å². The maximum atomic E-state index is 6.25. The van der Waals surface area contributed by atoms with Crippen LogP contribution in [0.1, 0.15) is 31.2 Å². The summed E-state index contributed by atoms with van der Waals surface area (Å²) in [6.45, 7) is 4.27. The fourth-order valence-corrected chi connectivity index (χ4v) is 2.35. The highest BCUT2D eigenvalue weighted by Crippen LogP contribution is 2.31. The summed E-state index contributed by atoms with van der Waals surface area (Å²) >= 11 is 6.25. The molecule has 1 aliphatic heterocycles. The van der Waals surface area contributed by atoms with Crippen molar-refractivity contribution in [3.63, 3.8) is 0 Å². The molecule has 0 aliphatic carbocycles. The highest BCUT2D eigenvalue weighted by molar-refractivity contribution is 6.32. The highest BCUT2D eigenvalue weighted by atomic mass is 35.5. The minimum absolute atomic E-state index is 0.134. The van der Waals surface area contributed by atoms with Crippen molar-refractivity contribution in [2.24, 2.45) is 5.73 Å². The van der Waals surface area contributed by atoms with Gasteiger partial charge in [-0.15, -0.1) is 0 Å². The summed E-state index contributed by atoms with van der Waals surface area (Å²) in [7, 11) is 0. The van der Waals surface area contributed by atoms with Gasteiger partial charge in [0.25, 0.3) is 0 Å². The zero-order chi connectivity index (χ0) is 13.0. The van der Waals surface area contributed by atoms with E-state index in [1.54, 1.807) is 0 Å². The fourth-order valence-electron chi connectivity index (χ4n) is 2.12. The molecule has 1 heterocycles. The second-order valence-corrected chi connectivity index (χ2v) is 5.18. The van der Waals surface area contributed by atoms with Gasteiger partial charge in [-0.2, -0.15) is 0 Å². The summed E-state index contributed by atoms with van der Waals surface area (Å²) in [6.07, 6.45) is 2.03. The smallest absolute Gasteiger partial charge is 0.138 e. The van der Waals surface area contributed by atoms with Crippen molar-refractivity contribution in [2.45, 2.75) is 31.8 Å². The summed E-state index contributed by atoms with van der Waals surface area (Å²) in [5.74, 6) is 1.17. The summed E-state index contributed by atoms with van der Waals surface area (Å²) in [6, 6.07) is 5.99. The molecular weight excluding hydrogens is 250 g/mol. The molecule has 2 rings (SSSR count). The Labute approximate surface area is 113 Å². The summed E-state index contributed by atoms with van der Waals surface area (Å²) in [5.41, 5.74) is 6.78. The van der Waals surface area contributed by atoms with E-state index in [-0.39, 0.29) is 6.10 Å². The van der Waals surface area contributed by atoms with Crippen LogP contribution in [0, 0.1) is 0 Å². The van der Waals surface area contributed by atoms with Crippen molar-refractivity contribution in [2.75, 3.05) is 19.8 Å². The molecule has 3 nitrogen and oxygen atoms in total. The van der Waals surface area contributed by atoms with E-state index in [1.807, 2.05) is 12.1 Å². The van der Waals surface area contributed by atoms with Crippen LogP contribution in [0.2, 0.25) is 5.02 Å². The first-order chi connectivity index (χ1) is 8.70. The molecular formula is C14H20ClNO2. The van der Waals surface area contributed by atoms with E-state index in [2.05, 4.69) is 13.0 Å². The molecule has 0 amide bonds. The van der Waals surface area contributed by atoms with E-state index in [9.17, 15) is 0 Å². The maximum Gasteiger partial charge on any atom is 0.138 e. The van der Waals surface area contributed by atoms with Gasteiger partial charge in [0.05, 0.1) is 18.2 Å². The highest BCUT2D eigenvalue weighted by Gasteiger charge is 2.18. The van der Waals surface area contributed by atoms with Gasteiger partial charge in [-0.1, -0.05) is 24.6 Å². The monoisotopic (exact) mass is 269 g/mol. The lowest BCUT2D eigenvalue weighted by Crippen LogP contribution is -2.16. The van der Waals surface area contributed by atoms with Gasteiger partial charge in [-0.3, -0.25) is 0 Å². The molecule has 1 fully saturated rings. The number of rotatable bonds is 5. The molecule has 2 atom stereocenters. The predicted octanol–water partition coefficient (Wildman–Crippen LogP) is 2.96. The van der Waals surface area contributed by atoms with Crippen LogP contribution >= 0.6 is 11.6 Å². The van der Waals surface area contributed by atoms with Crippen LogP contribution in [-0.4, -0.2) is 25.9 Å². The Morgan fingerprint density at radius 3 is 3.00 bits per heavy atom. The van der Waals surface area contributed by atoms with Gasteiger partial charge in [-0.05, 0) is 36.6 Å². The molecule has 100 valence electrons. The first kappa shape index (κ1) is 13.7. The fraction of sp³-hybridized carbons (Fsp3) is 0.571. The second-order valence-electron chi connectivity index (χ2n) is 4.77. The van der Waals surface area contributed by atoms with E-state index >= 15 is 0 Å². The Bertz CT molecular complexity index is 391. The SMILES string of the molecule is CC(CCN)c1ccc(OC2CCOC2)c(Cl)c1. The zero-order valence-corrected chi connectivity index (χ0v) is 11.5. The van der Waals surface area contributed by atoms with Crippen LogP contribution in [0.25, 0.3) is 0 Å². The van der Waals surface area contributed by atoms with Gasteiger partial charge in [-0.25, -0.2) is 0 Å². The first-order valence-electron chi connectivity index (χ1n) is 6.44. The molecule has 0 saturated carbocycles. The molecule has 1 aliphatic rings. The van der Waals surface area contributed by atoms with Gasteiger partial charge in [0, 0.05) is 6.42 Å². The van der Waals surface area contributed by atoms with Gasteiger partial charge in [0.2, 0.25) is 0 Å². The number of hydrogen-bond acceptors (Lipinski definition) is 3. The Morgan fingerprint density at radius 1 is 1.56 bits per heavy atom. The van der Waals surface area contributed by atoms with E-state index in [0.29, 0.717) is 24.1 Å². The quantitative estimate of drug-likeness (QED) is 0.894. The Hall–Kier alpha value is -0.770. The van der Waals surface area contributed by atoms with E-state index < -0.39 is 0 Å². The topological polar surface area (TPSA) is 44.5 Å². The van der Waals surface area contributed by atoms with Crippen molar-refractivity contribution >= 4 is 11.6 Å². The largest absolute Gasteiger partial charge is 0.486 e. The number of hydrogen-bond donors (Lipinski definition) is 1. The van der Waals surface area contributed by atoms with Crippen molar-refractivity contribution in [1.82, 2.24) is 0 Å². The lowest BCUT2D eigenvalue weighted by Gasteiger charge is -2.16. The molecule has 4 heteroatoms. The van der Waals surface area contributed by atoms with Gasteiger partial charge in [0.15, 0.2) is 0 Å². The molecule has 2 unspecified atom stereocenters. The van der Waals surface area contributed by atoms with E-state index in [4.69, 9.17) is 26.8 Å². The second kappa shape index (κ2) is 6.41. The Kier molecular flexibility index (Phi) is 4.87. The predicted molar refractivity (Wildman–Crippen MR) is 73.4 cm³/mol. The van der Waals surface area contributed by atoms with Gasteiger partial charge >= 0.3 is 0 Å². The van der Waals surface area contributed by atoms with Crippen molar-refractivity contribution in [3.8, 4) is 5.75 Å². The molecule has 0 aromatic heterocycles. The van der Waals surface area contributed by atoms with Crippen LogP contribution < -0.4 is 10.5 Å². The lowest BCUT2D eigenvalue weighted by atomic mass is 9.98. The first-order valence-corrected chi connectivity index (χ1v) is 6.82. The molecule has 0 bridgehead atoms. The molecule has 0 radical (unpaired) electrons. The zero-order valence-electron chi connectivity index (χ0n) is 10.7. The Balaban J connectivity index is 2.04. The number of nitrogens with two attached hydrogens (primary N) is 1. The number of ether oxygens (including phenoxy) is 2. The average molecular weight is 270 g/mol. The maximum absolute atomic E-state index is 6.25. The summed E-state index contributed by atoms with van der Waals surface area (Å²) < 4.78 is 11.1. The summed E-state index contributed by atoms with van der Waals surface area (Å²) in [4.78, 5) is 0. The summed E-state index contributed by atoms with van der Waals surface area (Å²) in [5, 5.41) is 0.670. The van der Waals surface area contributed by atoms with E-state index in [1.165, 1.54) is 5.56 Å². The molecule has 1 saturated heterocycles. The number of benzene rings is 1. The number of halogens is 1. The van der Waals surface area contributed by atoms with Crippen molar-refractivity contribution in [1.29, 1.82) is 0 Å². The van der Waals surface area contributed by atoms with Crippen molar-refractivity contribution < 1.29 is 9.47 Å². The third-order valence-corrected chi connectivity index (χ3v) is 3.60. The lowest BCUT2D eigenvalue weighted by molar-refractivity contribution is 0.141. The van der Waals surface area contributed by atoms with Crippen LogP contribution in [0.15, 0.2) is 18.2 Å². The molecule has 2 N–H and O–H groups in total. The molecule has 18 heavy (non-hydrogen) atoms. The average Bonchev–Trinajstić information content (AvgIpc) is 2.85. The van der Waals surface area contributed by atoms with Crippen LogP contribution in [0.5, 0.6) is 5.75 Å². The normalized spacial score (nSPS) is 20.9. The minimum atomic E-state index is 0.134. The van der Waals surface area contributed by atoms with Crippen LogP contribution in [0.3, 0.4) is 0 Å².